The molecule has 0 aromatic carbocycles. The van der Waals surface area contributed by atoms with Gasteiger partial charge in [0, 0.05) is 5.03 Å². The molecule has 0 saturated heterocycles. The fourth-order valence-electron chi connectivity index (χ4n) is 2.54. The lowest BCUT2D eigenvalue weighted by atomic mass is 9.58. The third-order valence-corrected chi connectivity index (χ3v) is 5.48. The predicted molar refractivity (Wildman–Crippen MR) is 100 cm³/mol. The van der Waals surface area contributed by atoms with Crippen LogP contribution in [0.2, 0.25) is 0 Å². The average Bonchev–Trinajstić information content (AvgIpc) is 2.48. The summed E-state index contributed by atoms with van der Waals surface area (Å²) in [5, 5.41) is 17.2. The second-order valence-electron chi connectivity index (χ2n) is 5.89. The van der Waals surface area contributed by atoms with Gasteiger partial charge in [-0.15, -0.1) is 18.2 Å². The summed E-state index contributed by atoms with van der Waals surface area (Å²) in [6.45, 7) is 5.99. The van der Waals surface area contributed by atoms with Crippen LogP contribution in [0.15, 0.2) is 22.1 Å². The highest BCUT2D eigenvalue weighted by Crippen LogP contribution is 2.47. The second kappa shape index (κ2) is 8.60. The molecule has 2 nitrogen and oxygen atoms in total. The highest BCUT2D eigenvalue weighted by atomic mass is 35.5. The molecule has 1 fully saturated rings. The molecule has 0 amide bonds. The maximum Gasteiger partial charge on any atom is 0.0768 e. The SMILES string of the molecule is C#CC1(C(=N)C(=N)CCCS/C(C)=C/C=C(\C)Cl)CC[C@H]1C. The fourth-order valence-corrected chi connectivity index (χ4v) is 3.37. The van der Waals surface area contributed by atoms with Crippen LogP contribution in [0.5, 0.6) is 0 Å². The first-order valence-corrected chi connectivity index (χ1v) is 8.98. The number of thioether (sulfide) groups is 1. The summed E-state index contributed by atoms with van der Waals surface area (Å²) >= 11 is 7.54. The normalized spacial score (nSPS) is 25.3. The summed E-state index contributed by atoms with van der Waals surface area (Å²) in [7, 11) is 0. The Bertz CT molecular complexity index is 538. The van der Waals surface area contributed by atoms with Gasteiger partial charge in [0.25, 0.3) is 0 Å². The average molecular weight is 337 g/mol. The molecule has 0 spiro atoms. The Balaban J connectivity index is 2.38. The van der Waals surface area contributed by atoms with Crippen molar-refractivity contribution in [1.82, 2.24) is 0 Å². The van der Waals surface area contributed by atoms with Crippen LogP contribution in [0, 0.1) is 34.5 Å². The highest BCUT2D eigenvalue weighted by molar-refractivity contribution is 8.03. The molecule has 4 heteroatoms. The standard InChI is InChI=1S/C18H25ClN2S/c1-5-18(11-10-13(18)2)17(21)16(20)7-6-12-22-15(4)9-8-14(3)19/h1,8-9,13,20-21H,6-7,10-12H2,2-4H3/b14-8+,15-9+,20-16?,21-17?/t13-,18?/m1/s1. The van der Waals surface area contributed by atoms with Crippen molar-refractivity contribution in [3.63, 3.8) is 0 Å². The van der Waals surface area contributed by atoms with Crippen molar-refractivity contribution in [2.45, 2.75) is 46.5 Å². The van der Waals surface area contributed by atoms with Crippen molar-refractivity contribution in [2.75, 3.05) is 5.75 Å². The molecule has 1 unspecified atom stereocenters. The van der Waals surface area contributed by atoms with Gasteiger partial charge in [0.2, 0.25) is 0 Å². The van der Waals surface area contributed by atoms with Gasteiger partial charge in [-0.1, -0.05) is 30.5 Å². The van der Waals surface area contributed by atoms with Gasteiger partial charge < -0.3 is 10.8 Å². The number of rotatable bonds is 8. The summed E-state index contributed by atoms with van der Waals surface area (Å²) < 4.78 is 0. The van der Waals surface area contributed by atoms with Gasteiger partial charge in [-0.25, -0.2) is 0 Å². The third-order valence-electron chi connectivity index (χ3n) is 4.27. The van der Waals surface area contributed by atoms with E-state index in [1.807, 2.05) is 19.1 Å². The van der Waals surface area contributed by atoms with E-state index in [0.29, 0.717) is 23.8 Å². The quantitative estimate of drug-likeness (QED) is 0.256. The summed E-state index contributed by atoms with van der Waals surface area (Å²) in [6, 6.07) is 0. The van der Waals surface area contributed by atoms with Crippen molar-refractivity contribution >= 4 is 34.8 Å². The lowest BCUT2D eigenvalue weighted by molar-refractivity contribution is 0.196. The third kappa shape index (κ3) is 4.76. The minimum Gasteiger partial charge on any atom is -0.303 e. The Hall–Kier alpha value is -0.980. The van der Waals surface area contributed by atoms with Gasteiger partial charge in [-0.2, -0.15) is 0 Å². The van der Waals surface area contributed by atoms with E-state index in [9.17, 15) is 0 Å². The number of allylic oxidation sites excluding steroid dienone is 4. The monoisotopic (exact) mass is 336 g/mol. The largest absolute Gasteiger partial charge is 0.303 e. The Labute approximate surface area is 143 Å². The highest BCUT2D eigenvalue weighted by Gasteiger charge is 2.47. The van der Waals surface area contributed by atoms with Gasteiger partial charge in [0.05, 0.1) is 16.8 Å². The smallest absolute Gasteiger partial charge is 0.0768 e. The minimum atomic E-state index is -0.470. The molecule has 0 bridgehead atoms. The molecule has 0 aromatic rings. The lowest BCUT2D eigenvalue weighted by Gasteiger charge is -2.44. The van der Waals surface area contributed by atoms with Crippen LogP contribution < -0.4 is 0 Å². The second-order valence-corrected chi connectivity index (χ2v) is 7.83. The predicted octanol–water partition coefficient (Wildman–Crippen LogP) is 5.64. The molecule has 2 N–H and O–H groups in total. The van der Waals surface area contributed by atoms with Crippen molar-refractivity contribution in [3.05, 3.63) is 22.1 Å². The number of nitrogens with one attached hydrogen (secondary N) is 2. The maximum absolute atomic E-state index is 8.26. The molecule has 0 aromatic heterocycles. The summed E-state index contributed by atoms with van der Waals surface area (Å²) in [5.74, 6) is 4.05. The first kappa shape index (κ1) is 19.1. The van der Waals surface area contributed by atoms with Gasteiger partial charge in [-0.3, -0.25) is 0 Å². The van der Waals surface area contributed by atoms with Crippen molar-refractivity contribution in [1.29, 1.82) is 10.8 Å². The molecular weight excluding hydrogens is 312 g/mol. The van der Waals surface area contributed by atoms with Gasteiger partial charge >= 0.3 is 0 Å². The first-order valence-electron chi connectivity index (χ1n) is 7.61. The summed E-state index contributed by atoms with van der Waals surface area (Å²) in [5.41, 5.74) is 0.304. The molecule has 22 heavy (non-hydrogen) atoms. The van der Waals surface area contributed by atoms with Crippen molar-refractivity contribution in [2.24, 2.45) is 11.3 Å². The zero-order chi connectivity index (χ0) is 16.8. The van der Waals surface area contributed by atoms with Gasteiger partial charge in [-0.05, 0) is 62.2 Å². The minimum absolute atomic E-state index is 0.329. The zero-order valence-electron chi connectivity index (χ0n) is 13.6. The van der Waals surface area contributed by atoms with Gasteiger partial charge in [0.15, 0.2) is 0 Å². The first-order chi connectivity index (χ1) is 10.3. The van der Waals surface area contributed by atoms with Crippen molar-refractivity contribution in [3.8, 4) is 12.3 Å². The van der Waals surface area contributed by atoms with E-state index in [1.165, 1.54) is 4.91 Å². The molecule has 120 valence electrons. The molecule has 0 radical (unpaired) electrons. The van der Waals surface area contributed by atoms with Crippen LogP contribution in [-0.2, 0) is 0 Å². The molecule has 1 saturated carbocycles. The van der Waals surface area contributed by atoms with E-state index in [2.05, 4.69) is 19.8 Å². The van der Waals surface area contributed by atoms with Crippen LogP contribution in [0.4, 0.5) is 0 Å². The fraction of sp³-hybridized carbons (Fsp3) is 0.556. The van der Waals surface area contributed by atoms with Crippen LogP contribution in [0.1, 0.15) is 46.5 Å². The number of halogens is 1. The van der Waals surface area contributed by atoms with Crippen molar-refractivity contribution < 1.29 is 0 Å². The molecule has 1 rings (SSSR count). The molecule has 0 heterocycles. The van der Waals surface area contributed by atoms with Gasteiger partial charge in [0.1, 0.15) is 0 Å². The van der Waals surface area contributed by atoms with E-state index in [-0.39, 0.29) is 0 Å². The zero-order valence-corrected chi connectivity index (χ0v) is 15.2. The summed E-state index contributed by atoms with van der Waals surface area (Å²) in [6.07, 6.45) is 12.9. The van der Waals surface area contributed by atoms with Crippen LogP contribution >= 0.6 is 23.4 Å². The van der Waals surface area contributed by atoms with Crippen LogP contribution in [0.3, 0.4) is 0 Å². The number of terminal acetylenes is 1. The molecule has 1 aliphatic carbocycles. The Kier molecular flexibility index (Phi) is 7.45. The van der Waals surface area contributed by atoms with Crippen LogP contribution in [0.25, 0.3) is 0 Å². The Morgan fingerprint density at radius 3 is 2.55 bits per heavy atom. The Morgan fingerprint density at radius 2 is 2.09 bits per heavy atom. The lowest BCUT2D eigenvalue weighted by Crippen LogP contribution is -2.47. The number of hydrogen-bond donors (Lipinski definition) is 2. The van der Waals surface area contributed by atoms with E-state index in [0.717, 1.165) is 30.0 Å². The maximum atomic E-state index is 8.26. The topological polar surface area (TPSA) is 47.7 Å². The Morgan fingerprint density at radius 1 is 1.41 bits per heavy atom. The molecular formula is C18H25ClN2S. The molecule has 2 atom stereocenters. The van der Waals surface area contributed by atoms with Crippen LogP contribution in [-0.4, -0.2) is 17.2 Å². The summed E-state index contributed by atoms with van der Waals surface area (Å²) in [4.78, 5) is 1.20. The number of hydrogen-bond acceptors (Lipinski definition) is 3. The molecule has 1 aliphatic rings. The van der Waals surface area contributed by atoms with E-state index < -0.39 is 5.41 Å². The van der Waals surface area contributed by atoms with E-state index >= 15 is 0 Å². The van der Waals surface area contributed by atoms with E-state index in [1.54, 1.807) is 11.8 Å². The molecule has 0 aliphatic heterocycles. The van der Waals surface area contributed by atoms with E-state index in [4.69, 9.17) is 28.8 Å².